The smallest absolute Gasteiger partial charge is 0.213 e. The zero-order valence-electron chi connectivity index (χ0n) is 11.6. The molecule has 5 heteroatoms. The highest BCUT2D eigenvalue weighted by atomic mass is 16.5. The lowest BCUT2D eigenvalue weighted by molar-refractivity contribution is 0.0813. The molecule has 5 nitrogen and oxygen atoms in total. The number of aromatic nitrogens is 2. The van der Waals surface area contributed by atoms with Crippen molar-refractivity contribution in [3.05, 3.63) is 12.2 Å². The molecule has 1 aromatic rings. The van der Waals surface area contributed by atoms with Gasteiger partial charge in [0.15, 0.2) is 5.82 Å². The minimum atomic E-state index is 0.282. The summed E-state index contributed by atoms with van der Waals surface area (Å²) >= 11 is 0. The van der Waals surface area contributed by atoms with Crippen LogP contribution in [0.5, 0.6) is 0 Å². The van der Waals surface area contributed by atoms with E-state index in [4.69, 9.17) is 4.52 Å². The Morgan fingerprint density at radius 1 is 1.50 bits per heavy atom. The number of piperazine rings is 1. The maximum Gasteiger partial charge on any atom is 0.213 e. The molecule has 1 aromatic heterocycles. The third-order valence-electron chi connectivity index (χ3n) is 4.28. The number of rotatable bonds is 5. The second-order valence-corrected chi connectivity index (χ2v) is 5.29. The summed E-state index contributed by atoms with van der Waals surface area (Å²) in [6.07, 6.45) is 4.62. The van der Waals surface area contributed by atoms with Crippen LogP contribution in [0.3, 0.4) is 0 Å². The van der Waals surface area contributed by atoms with E-state index in [1.54, 1.807) is 0 Å². The van der Waals surface area contributed by atoms with Crippen LogP contribution in [0.1, 0.15) is 39.4 Å². The topological polar surface area (TPSA) is 54.2 Å². The van der Waals surface area contributed by atoms with Crippen LogP contribution in [0.15, 0.2) is 10.9 Å². The Kier molecular flexibility index (Phi) is 4.35. The maximum atomic E-state index is 4.77. The Morgan fingerprint density at radius 2 is 2.28 bits per heavy atom. The van der Waals surface area contributed by atoms with E-state index in [-0.39, 0.29) is 5.54 Å². The Morgan fingerprint density at radius 3 is 2.89 bits per heavy atom. The molecule has 0 aliphatic carbocycles. The van der Waals surface area contributed by atoms with Gasteiger partial charge in [0.2, 0.25) is 6.39 Å². The van der Waals surface area contributed by atoms with Crippen molar-refractivity contribution in [2.45, 2.75) is 51.6 Å². The average molecular weight is 252 g/mol. The summed E-state index contributed by atoms with van der Waals surface area (Å²) in [4.78, 5) is 6.62. The van der Waals surface area contributed by atoms with E-state index in [2.05, 4.69) is 41.1 Å². The molecule has 102 valence electrons. The summed E-state index contributed by atoms with van der Waals surface area (Å²) in [5.41, 5.74) is 0.282. The van der Waals surface area contributed by atoms with Gasteiger partial charge in [0.05, 0.1) is 0 Å². The summed E-state index contributed by atoms with van der Waals surface area (Å²) in [7, 11) is 0. The van der Waals surface area contributed by atoms with Crippen molar-refractivity contribution < 1.29 is 4.52 Å². The molecule has 1 fully saturated rings. The molecular weight excluding hydrogens is 228 g/mol. The highest BCUT2D eigenvalue weighted by molar-refractivity contribution is 4.96. The average Bonchev–Trinajstić information content (AvgIpc) is 2.91. The molecule has 1 unspecified atom stereocenters. The van der Waals surface area contributed by atoms with E-state index in [9.17, 15) is 0 Å². The molecule has 1 aliphatic heterocycles. The fourth-order valence-corrected chi connectivity index (χ4v) is 2.66. The minimum Gasteiger partial charge on any atom is -0.343 e. The van der Waals surface area contributed by atoms with Gasteiger partial charge in [-0.05, 0) is 19.8 Å². The fourth-order valence-electron chi connectivity index (χ4n) is 2.66. The zero-order valence-corrected chi connectivity index (χ0v) is 11.6. The van der Waals surface area contributed by atoms with Gasteiger partial charge in [-0.25, -0.2) is 0 Å². The molecule has 1 N–H and O–H groups in total. The summed E-state index contributed by atoms with van der Waals surface area (Å²) in [6, 6.07) is 0.572. The van der Waals surface area contributed by atoms with Crippen LogP contribution < -0.4 is 5.32 Å². The Balaban J connectivity index is 1.93. The van der Waals surface area contributed by atoms with E-state index in [0.29, 0.717) is 6.04 Å². The third-order valence-corrected chi connectivity index (χ3v) is 4.28. The summed E-state index contributed by atoms with van der Waals surface area (Å²) < 4.78 is 4.77. The van der Waals surface area contributed by atoms with E-state index in [1.807, 2.05) is 0 Å². The molecule has 1 atom stereocenters. The van der Waals surface area contributed by atoms with E-state index >= 15 is 0 Å². The van der Waals surface area contributed by atoms with Crippen LogP contribution in [0.4, 0.5) is 0 Å². The largest absolute Gasteiger partial charge is 0.343 e. The number of hydrogen-bond acceptors (Lipinski definition) is 5. The molecule has 0 amide bonds. The van der Waals surface area contributed by atoms with Gasteiger partial charge in [0.25, 0.3) is 0 Å². The van der Waals surface area contributed by atoms with Crippen molar-refractivity contribution in [2.75, 3.05) is 19.6 Å². The first-order chi connectivity index (χ1) is 8.69. The molecule has 0 aromatic carbocycles. The van der Waals surface area contributed by atoms with E-state index in [1.165, 1.54) is 19.2 Å². The van der Waals surface area contributed by atoms with Crippen LogP contribution in [0.2, 0.25) is 0 Å². The third kappa shape index (κ3) is 2.90. The van der Waals surface area contributed by atoms with E-state index < -0.39 is 0 Å². The van der Waals surface area contributed by atoms with Gasteiger partial charge in [-0.1, -0.05) is 19.0 Å². The highest BCUT2D eigenvalue weighted by Gasteiger charge is 2.34. The second kappa shape index (κ2) is 5.80. The van der Waals surface area contributed by atoms with Crippen molar-refractivity contribution in [1.82, 2.24) is 20.4 Å². The van der Waals surface area contributed by atoms with Crippen molar-refractivity contribution in [3.8, 4) is 0 Å². The molecule has 18 heavy (non-hydrogen) atoms. The minimum absolute atomic E-state index is 0.282. The van der Waals surface area contributed by atoms with Crippen LogP contribution in [-0.4, -0.2) is 46.3 Å². The lowest BCUT2D eigenvalue weighted by atomic mass is 9.88. The van der Waals surface area contributed by atoms with Gasteiger partial charge in [0.1, 0.15) is 0 Å². The summed E-state index contributed by atoms with van der Waals surface area (Å²) in [5, 5.41) is 7.59. The van der Waals surface area contributed by atoms with Crippen LogP contribution >= 0.6 is 0 Å². The van der Waals surface area contributed by atoms with Gasteiger partial charge in [-0.3, -0.25) is 4.90 Å². The van der Waals surface area contributed by atoms with Crippen molar-refractivity contribution in [3.63, 3.8) is 0 Å². The van der Waals surface area contributed by atoms with Gasteiger partial charge < -0.3 is 9.84 Å². The van der Waals surface area contributed by atoms with Gasteiger partial charge in [-0.15, -0.1) is 0 Å². The van der Waals surface area contributed by atoms with Crippen molar-refractivity contribution in [2.24, 2.45) is 0 Å². The standard InChI is InChI=1S/C13H24N4O/c1-4-13(5-2)9-17(11(3)8-15-13)7-6-12-14-10-18-16-12/h10-11,15H,4-9H2,1-3H3. The number of nitrogens with zero attached hydrogens (tertiary/aromatic N) is 3. The van der Waals surface area contributed by atoms with Crippen LogP contribution in [-0.2, 0) is 6.42 Å². The monoisotopic (exact) mass is 252 g/mol. The Bertz CT molecular complexity index is 348. The number of nitrogens with one attached hydrogen (secondary N) is 1. The molecule has 2 rings (SSSR count). The maximum absolute atomic E-state index is 4.77. The molecule has 0 saturated carbocycles. The van der Waals surface area contributed by atoms with Gasteiger partial charge in [0, 0.05) is 37.6 Å². The Labute approximate surface area is 109 Å². The molecular formula is C13H24N4O. The quantitative estimate of drug-likeness (QED) is 0.860. The Hall–Kier alpha value is -0.940. The second-order valence-electron chi connectivity index (χ2n) is 5.29. The first kappa shape index (κ1) is 13.5. The molecule has 2 heterocycles. The SMILES string of the molecule is CCC1(CC)CN(CCc2ncon2)C(C)CN1. The van der Waals surface area contributed by atoms with Gasteiger partial charge >= 0.3 is 0 Å². The molecule has 0 bridgehead atoms. The van der Waals surface area contributed by atoms with Crippen LogP contribution in [0.25, 0.3) is 0 Å². The lowest BCUT2D eigenvalue weighted by Crippen LogP contribution is -2.63. The predicted octanol–water partition coefficient (Wildman–Crippen LogP) is 1.46. The predicted molar refractivity (Wildman–Crippen MR) is 70.4 cm³/mol. The zero-order chi connectivity index (χ0) is 13.0. The molecule has 0 spiro atoms. The summed E-state index contributed by atoms with van der Waals surface area (Å²) in [5.74, 6) is 0.805. The van der Waals surface area contributed by atoms with E-state index in [0.717, 1.165) is 31.9 Å². The number of hydrogen-bond donors (Lipinski definition) is 1. The van der Waals surface area contributed by atoms with Crippen LogP contribution in [0, 0.1) is 0 Å². The van der Waals surface area contributed by atoms with Gasteiger partial charge in [-0.2, -0.15) is 4.98 Å². The first-order valence-corrected chi connectivity index (χ1v) is 6.93. The first-order valence-electron chi connectivity index (χ1n) is 6.93. The van der Waals surface area contributed by atoms with Crippen molar-refractivity contribution in [1.29, 1.82) is 0 Å². The normalized spacial score (nSPS) is 24.3. The lowest BCUT2D eigenvalue weighted by Gasteiger charge is -2.46. The highest BCUT2D eigenvalue weighted by Crippen LogP contribution is 2.22. The summed E-state index contributed by atoms with van der Waals surface area (Å²) in [6.45, 7) is 9.99. The molecule has 1 aliphatic rings. The molecule has 1 saturated heterocycles. The van der Waals surface area contributed by atoms with Crippen molar-refractivity contribution >= 4 is 0 Å². The molecule has 0 radical (unpaired) electrons. The fraction of sp³-hybridized carbons (Fsp3) is 0.846.